The van der Waals surface area contributed by atoms with Gasteiger partial charge in [-0.1, -0.05) is 12.1 Å². The number of phenolic OH excluding ortho intramolecular Hbond substituents is 1. The highest BCUT2D eigenvalue weighted by Gasteiger charge is 2.18. The van der Waals surface area contributed by atoms with E-state index in [4.69, 9.17) is 9.47 Å². The van der Waals surface area contributed by atoms with Crippen LogP contribution in [0.25, 0.3) is 0 Å². The standard InChI is InChI=1S/C28H29N3O5/c1-35-26-17-21(18-29-30-27(33)22-10-12-24(32)13-11-22)7-14-25(26)36-19-20-5-8-23(9-6-20)28(34)31-15-3-2-4-16-31/h5-14,17-18,32H,2-4,15-16,19H2,1H3,(H,30,33)/b29-18-. The summed E-state index contributed by atoms with van der Waals surface area (Å²) in [5.41, 5.74) is 5.18. The zero-order valence-corrected chi connectivity index (χ0v) is 20.1. The maximum absolute atomic E-state index is 12.6. The second-order valence-corrected chi connectivity index (χ2v) is 8.49. The zero-order valence-electron chi connectivity index (χ0n) is 20.1. The lowest BCUT2D eigenvalue weighted by Crippen LogP contribution is -2.35. The molecule has 0 aliphatic carbocycles. The number of nitrogens with zero attached hydrogens (tertiary/aromatic N) is 2. The van der Waals surface area contributed by atoms with E-state index in [-0.39, 0.29) is 17.6 Å². The molecule has 0 bridgehead atoms. The Morgan fingerprint density at radius 1 is 0.944 bits per heavy atom. The molecule has 2 N–H and O–H groups in total. The number of carbonyl (C=O) groups is 2. The molecule has 3 aromatic rings. The zero-order chi connectivity index (χ0) is 25.3. The van der Waals surface area contributed by atoms with E-state index >= 15 is 0 Å². The van der Waals surface area contributed by atoms with Gasteiger partial charge in [0, 0.05) is 24.2 Å². The summed E-state index contributed by atoms with van der Waals surface area (Å²) in [6.45, 7) is 1.98. The molecule has 0 unspecified atom stereocenters. The average Bonchev–Trinajstić information content (AvgIpc) is 2.93. The Kier molecular flexibility index (Phi) is 8.18. The van der Waals surface area contributed by atoms with Crippen LogP contribution < -0.4 is 14.9 Å². The van der Waals surface area contributed by atoms with E-state index in [2.05, 4.69) is 10.5 Å². The predicted octanol–water partition coefficient (Wildman–Crippen LogP) is 4.37. The number of aromatic hydroxyl groups is 1. The van der Waals surface area contributed by atoms with Crippen molar-refractivity contribution in [1.29, 1.82) is 0 Å². The Morgan fingerprint density at radius 3 is 2.33 bits per heavy atom. The number of benzene rings is 3. The van der Waals surface area contributed by atoms with Crippen LogP contribution >= 0.6 is 0 Å². The van der Waals surface area contributed by atoms with Gasteiger partial charge in [-0.15, -0.1) is 0 Å². The molecule has 0 atom stereocenters. The summed E-state index contributed by atoms with van der Waals surface area (Å²) in [6.07, 6.45) is 4.83. The summed E-state index contributed by atoms with van der Waals surface area (Å²) in [7, 11) is 1.55. The normalized spacial score (nSPS) is 13.4. The summed E-state index contributed by atoms with van der Waals surface area (Å²) in [4.78, 5) is 26.7. The van der Waals surface area contributed by atoms with Gasteiger partial charge in [0.25, 0.3) is 11.8 Å². The number of carbonyl (C=O) groups excluding carboxylic acids is 2. The molecule has 1 heterocycles. The molecule has 1 saturated heterocycles. The van der Waals surface area contributed by atoms with E-state index in [1.807, 2.05) is 29.2 Å². The molecular formula is C28H29N3O5. The summed E-state index contributed by atoms with van der Waals surface area (Å²) in [5.74, 6) is 0.878. The summed E-state index contributed by atoms with van der Waals surface area (Å²) in [6, 6.07) is 18.7. The van der Waals surface area contributed by atoms with Crippen LogP contribution in [0.15, 0.2) is 71.8 Å². The number of amides is 2. The highest BCUT2D eigenvalue weighted by atomic mass is 16.5. The van der Waals surface area contributed by atoms with Gasteiger partial charge in [0.05, 0.1) is 13.3 Å². The van der Waals surface area contributed by atoms with E-state index in [0.717, 1.165) is 31.5 Å². The fourth-order valence-corrected chi connectivity index (χ4v) is 3.91. The van der Waals surface area contributed by atoms with Crippen molar-refractivity contribution in [1.82, 2.24) is 10.3 Å². The Balaban J connectivity index is 1.32. The van der Waals surface area contributed by atoms with Crippen molar-refractivity contribution >= 4 is 18.0 Å². The fourth-order valence-electron chi connectivity index (χ4n) is 3.91. The van der Waals surface area contributed by atoms with Crippen LogP contribution in [-0.2, 0) is 6.61 Å². The van der Waals surface area contributed by atoms with E-state index in [9.17, 15) is 14.7 Å². The average molecular weight is 488 g/mol. The highest BCUT2D eigenvalue weighted by Crippen LogP contribution is 2.28. The topological polar surface area (TPSA) is 100 Å². The Hall–Kier alpha value is -4.33. The first-order valence-corrected chi connectivity index (χ1v) is 11.8. The Bertz CT molecular complexity index is 1220. The number of hydrazone groups is 1. The van der Waals surface area contributed by atoms with Crippen LogP contribution in [-0.4, -0.2) is 48.2 Å². The third kappa shape index (κ3) is 6.41. The van der Waals surface area contributed by atoms with Crippen molar-refractivity contribution in [2.45, 2.75) is 25.9 Å². The number of phenols is 1. The smallest absolute Gasteiger partial charge is 0.271 e. The third-order valence-electron chi connectivity index (χ3n) is 5.94. The van der Waals surface area contributed by atoms with Crippen LogP contribution in [0.4, 0.5) is 0 Å². The lowest BCUT2D eigenvalue weighted by atomic mass is 10.1. The van der Waals surface area contributed by atoms with E-state index < -0.39 is 0 Å². The molecule has 2 amide bonds. The number of hydrogen-bond acceptors (Lipinski definition) is 6. The summed E-state index contributed by atoms with van der Waals surface area (Å²) < 4.78 is 11.4. The predicted molar refractivity (Wildman–Crippen MR) is 137 cm³/mol. The molecule has 3 aromatic carbocycles. The Labute approximate surface area is 210 Å². The number of ether oxygens (including phenoxy) is 2. The molecular weight excluding hydrogens is 458 g/mol. The number of nitrogens with one attached hydrogen (secondary N) is 1. The van der Waals surface area contributed by atoms with E-state index in [1.165, 1.54) is 36.9 Å². The second kappa shape index (κ2) is 11.9. The van der Waals surface area contributed by atoms with Gasteiger partial charge in [-0.2, -0.15) is 5.10 Å². The number of piperidine rings is 1. The van der Waals surface area contributed by atoms with E-state index in [1.54, 1.807) is 25.3 Å². The second-order valence-electron chi connectivity index (χ2n) is 8.49. The van der Waals surface area contributed by atoms with Gasteiger partial charge < -0.3 is 19.5 Å². The molecule has 36 heavy (non-hydrogen) atoms. The fraction of sp³-hybridized carbons (Fsp3) is 0.250. The molecule has 0 saturated carbocycles. The van der Waals surface area contributed by atoms with Crippen molar-refractivity contribution in [3.05, 3.63) is 89.0 Å². The van der Waals surface area contributed by atoms with Gasteiger partial charge in [-0.05, 0) is 85.0 Å². The maximum Gasteiger partial charge on any atom is 0.271 e. The van der Waals surface area contributed by atoms with Crippen LogP contribution in [0.2, 0.25) is 0 Å². The number of methoxy groups -OCH3 is 1. The number of hydrogen-bond donors (Lipinski definition) is 2. The largest absolute Gasteiger partial charge is 0.508 e. The van der Waals surface area contributed by atoms with Crippen molar-refractivity contribution in [3.63, 3.8) is 0 Å². The van der Waals surface area contributed by atoms with Gasteiger partial charge in [-0.3, -0.25) is 9.59 Å². The molecule has 0 radical (unpaired) electrons. The van der Waals surface area contributed by atoms with Gasteiger partial charge >= 0.3 is 0 Å². The van der Waals surface area contributed by atoms with Crippen molar-refractivity contribution in [2.24, 2.45) is 5.10 Å². The SMILES string of the molecule is COc1cc(/C=N\NC(=O)c2ccc(O)cc2)ccc1OCc1ccc(C(=O)N2CCCCC2)cc1. The molecule has 1 aliphatic heterocycles. The Morgan fingerprint density at radius 2 is 1.64 bits per heavy atom. The van der Waals surface area contributed by atoms with Gasteiger partial charge in [-0.25, -0.2) is 5.43 Å². The molecule has 8 nitrogen and oxygen atoms in total. The highest BCUT2D eigenvalue weighted by molar-refractivity contribution is 5.95. The first kappa shape index (κ1) is 24.8. The minimum Gasteiger partial charge on any atom is -0.508 e. The molecule has 186 valence electrons. The minimum absolute atomic E-state index is 0.0837. The minimum atomic E-state index is -0.387. The summed E-state index contributed by atoms with van der Waals surface area (Å²) >= 11 is 0. The van der Waals surface area contributed by atoms with Gasteiger partial charge in [0.2, 0.25) is 0 Å². The van der Waals surface area contributed by atoms with Crippen LogP contribution in [0, 0.1) is 0 Å². The summed E-state index contributed by atoms with van der Waals surface area (Å²) in [5, 5.41) is 13.3. The molecule has 4 rings (SSSR count). The molecule has 0 spiro atoms. The number of rotatable bonds is 8. The van der Waals surface area contributed by atoms with E-state index in [0.29, 0.717) is 34.8 Å². The van der Waals surface area contributed by atoms with Crippen molar-refractivity contribution in [2.75, 3.05) is 20.2 Å². The third-order valence-corrected chi connectivity index (χ3v) is 5.94. The van der Waals surface area contributed by atoms with Crippen LogP contribution in [0.3, 0.4) is 0 Å². The molecule has 8 heteroatoms. The molecule has 0 aromatic heterocycles. The van der Waals surface area contributed by atoms with Crippen molar-refractivity contribution in [3.8, 4) is 17.2 Å². The van der Waals surface area contributed by atoms with Crippen molar-refractivity contribution < 1.29 is 24.2 Å². The quantitative estimate of drug-likeness (QED) is 0.363. The lowest BCUT2D eigenvalue weighted by Gasteiger charge is -2.26. The lowest BCUT2D eigenvalue weighted by molar-refractivity contribution is 0.0724. The maximum atomic E-state index is 12.6. The molecule has 1 fully saturated rings. The molecule has 1 aliphatic rings. The first-order chi connectivity index (χ1) is 17.5. The number of likely N-dealkylation sites (tertiary alicyclic amines) is 1. The van der Waals surface area contributed by atoms with Gasteiger partial charge in [0.15, 0.2) is 11.5 Å². The first-order valence-electron chi connectivity index (χ1n) is 11.8. The van der Waals surface area contributed by atoms with Crippen LogP contribution in [0.1, 0.15) is 51.1 Å². The van der Waals surface area contributed by atoms with Gasteiger partial charge in [0.1, 0.15) is 12.4 Å². The van der Waals surface area contributed by atoms with Crippen LogP contribution in [0.5, 0.6) is 17.2 Å². The monoisotopic (exact) mass is 487 g/mol.